The molecule has 0 aliphatic heterocycles. The van der Waals surface area contributed by atoms with E-state index >= 15 is 0 Å². The van der Waals surface area contributed by atoms with Crippen LogP contribution in [0.5, 0.6) is 0 Å². The molecule has 0 saturated carbocycles. The molecule has 0 atom stereocenters. The zero-order valence-corrected chi connectivity index (χ0v) is 12.1. The Hall–Kier alpha value is -1.05. The van der Waals surface area contributed by atoms with Crippen molar-refractivity contribution < 1.29 is 19.4 Å². The lowest BCUT2D eigenvalue weighted by Crippen LogP contribution is -2.29. The Morgan fingerprint density at radius 2 is 2.26 bits per heavy atom. The molecule has 7 heteroatoms. The van der Waals surface area contributed by atoms with Crippen LogP contribution >= 0.6 is 23.1 Å². The Bertz CT molecular complexity index is 381. The van der Waals surface area contributed by atoms with Gasteiger partial charge in [-0.25, -0.2) is 0 Å². The minimum absolute atomic E-state index is 0.00931. The fraction of sp³-hybridized carbons (Fsp3) is 0.500. The highest BCUT2D eigenvalue weighted by atomic mass is 32.2. The zero-order chi connectivity index (χ0) is 13.9. The number of rotatable bonds is 10. The monoisotopic (exact) mass is 303 g/mol. The molecule has 1 amide bonds. The highest BCUT2D eigenvalue weighted by molar-refractivity contribution is 7.99. The van der Waals surface area contributed by atoms with Crippen molar-refractivity contribution >= 4 is 35.0 Å². The van der Waals surface area contributed by atoms with Gasteiger partial charge in [-0.05, 0) is 11.4 Å². The van der Waals surface area contributed by atoms with E-state index in [1.807, 2.05) is 17.5 Å². The fourth-order valence-electron chi connectivity index (χ4n) is 1.21. The van der Waals surface area contributed by atoms with Crippen molar-refractivity contribution in [2.24, 2.45) is 0 Å². The highest BCUT2D eigenvalue weighted by Crippen LogP contribution is 2.16. The van der Waals surface area contributed by atoms with Crippen molar-refractivity contribution in [2.75, 3.05) is 25.5 Å². The number of carboxylic acid groups (broad SMARTS) is 1. The normalized spacial score (nSPS) is 10.3. The molecule has 0 fully saturated rings. The predicted octanol–water partition coefficient (Wildman–Crippen LogP) is 1.59. The van der Waals surface area contributed by atoms with Crippen LogP contribution in [0.1, 0.15) is 11.3 Å². The fourth-order valence-corrected chi connectivity index (χ4v) is 2.91. The molecule has 106 valence electrons. The van der Waals surface area contributed by atoms with E-state index in [4.69, 9.17) is 9.84 Å². The lowest BCUT2D eigenvalue weighted by Gasteiger charge is -2.05. The summed E-state index contributed by atoms with van der Waals surface area (Å²) in [5.41, 5.74) is 0. The molecule has 1 heterocycles. The van der Waals surface area contributed by atoms with Crippen LogP contribution in [0.2, 0.25) is 0 Å². The number of nitrogens with one attached hydrogen (secondary N) is 1. The maximum absolute atomic E-state index is 11.4. The van der Waals surface area contributed by atoms with Crippen LogP contribution in [0.25, 0.3) is 0 Å². The first-order chi connectivity index (χ1) is 9.18. The van der Waals surface area contributed by atoms with Crippen LogP contribution < -0.4 is 5.32 Å². The summed E-state index contributed by atoms with van der Waals surface area (Å²) >= 11 is 3.25. The van der Waals surface area contributed by atoms with Gasteiger partial charge in [0.2, 0.25) is 5.91 Å². The minimum atomic E-state index is -0.881. The smallest absolute Gasteiger partial charge is 0.305 e. The summed E-state index contributed by atoms with van der Waals surface area (Å²) in [5.74, 6) is 0.366. The molecule has 0 bridgehead atoms. The second-order valence-corrected chi connectivity index (χ2v) is 5.70. The minimum Gasteiger partial charge on any atom is -0.481 e. The Morgan fingerprint density at radius 1 is 1.42 bits per heavy atom. The largest absolute Gasteiger partial charge is 0.481 e. The van der Waals surface area contributed by atoms with E-state index in [0.29, 0.717) is 18.9 Å². The van der Waals surface area contributed by atoms with Crippen LogP contribution in [-0.4, -0.2) is 42.5 Å². The summed E-state index contributed by atoms with van der Waals surface area (Å²) in [6, 6.07) is 4.04. The average Bonchev–Trinajstić information content (AvgIpc) is 2.86. The van der Waals surface area contributed by atoms with Gasteiger partial charge in [0.1, 0.15) is 0 Å². The molecule has 0 aliphatic carbocycles. The lowest BCUT2D eigenvalue weighted by atomic mass is 10.5. The van der Waals surface area contributed by atoms with Crippen LogP contribution in [-0.2, 0) is 20.1 Å². The molecule has 0 unspecified atom stereocenters. The lowest BCUT2D eigenvalue weighted by molar-refractivity contribution is -0.138. The Balaban J connectivity index is 1.92. The average molecular weight is 303 g/mol. The first-order valence-electron chi connectivity index (χ1n) is 5.85. The van der Waals surface area contributed by atoms with E-state index in [9.17, 15) is 9.59 Å². The molecule has 19 heavy (non-hydrogen) atoms. The van der Waals surface area contributed by atoms with Gasteiger partial charge in [0.15, 0.2) is 0 Å². The number of amides is 1. The van der Waals surface area contributed by atoms with E-state index in [0.717, 1.165) is 5.75 Å². The van der Waals surface area contributed by atoms with E-state index in [1.54, 1.807) is 23.1 Å². The molecule has 1 aromatic rings. The predicted molar refractivity (Wildman–Crippen MR) is 76.6 cm³/mol. The third-order valence-electron chi connectivity index (χ3n) is 2.09. The summed E-state index contributed by atoms with van der Waals surface area (Å²) in [5, 5.41) is 13.1. The van der Waals surface area contributed by atoms with Gasteiger partial charge in [-0.2, -0.15) is 0 Å². The van der Waals surface area contributed by atoms with Crippen LogP contribution in [0.3, 0.4) is 0 Å². The third-order valence-corrected chi connectivity index (χ3v) is 4.13. The summed E-state index contributed by atoms with van der Waals surface area (Å²) < 4.78 is 5.06. The second-order valence-electron chi connectivity index (χ2n) is 3.68. The molecular formula is C12H17NO4S2. The molecule has 0 aromatic carbocycles. The van der Waals surface area contributed by atoms with E-state index in [1.165, 1.54) is 4.88 Å². The van der Waals surface area contributed by atoms with Gasteiger partial charge >= 0.3 is 5.97 Å². The number of thiophene rings is 1. The highest BCUT2D eigenvalue weighted by Gasteiger charge is 2.02. The third kappa shape index (κ3) is 8.63. The van der Waals surface area contributed by atoms with E-state index < -0.39 is 5.97 Å². The van der Waals surface area contributed by atoms with Crippen molar-refractivity contribution in [3.05, 3.63) is 22.4 Å². The Morgan fingerprint density at radius 3 is 2.95 bits per heavy atom. The summed E-state index contributed by atoms with van der Waals surface area (Å²) in [6.07, 6.45) is -0.00931. The number of hydrogen-bond donors (Lipinski definition) is 2. The number of carboxylic acids is 1. The second kappa shape index (κ2) is 9.82. The van der Waals surface area contributed by atoms with Crippen molar-refractivity contribution in [1.29, 1.82) is 0 Å². The molecule has 5 nitrogen and oxygen atoms in total. The van der Waals surface area contributed by atoms with Gasteiger partial charge in [0, 0.05) is 17.2 Å². The van der Waals surface area contributed by atoms with Crippen LogP contribution in [0, 0.1) is 0 Å². The number of ether oxygens (including phenoxy) is 1. The maximum Gasteiger partial charge on any atom is 0.305 e. The summed E-state index contributed by atoms with van der Waals surface area (Å²) in [4.78, 5) is 22.9. The van der Waals surface area contributed by atoms with Crippen molar-refractivity contribution in [3.63, 3.8) is 0 Å². The molecule has 0 radical (unpaired) electrons. The number of thioether (sulfide) groups is 1. The number of hydrogen-bond acceptors (Lipinski definition) is 5. The summed E-state index contributed by atoms with van der Waals surface area (Å²) in [6.45, 7) is 0.935. The molecule has 0 spiro atoms. The number of carbonyl (C=O) groups is 2. The molecular weight excluding hydrogens is 286 g/mol. The van der Waals surface area contributed by atoms with Gasteiger partial charge in [0.25, 0.3) is 0 Å². The van der Waals surface area contributed by atoms with E-state index in [-0.39, 0.29) is 18.9 Å². The SMILES string of the molecule is O=C(O)CCOCCNC(=O)CSCc1cccs1. The van der Waals surface area contributed by atoms with Gasteiger partial charge in [0.05, 0.1) is 25.4 Å². The Kier molecular flexibility index (Phi) is 8.28. The first kappa shape index (κ1) is 16.0. The van der Waals surface area contributed by atoms with Crippen LogP contribution in [0.4, 0.5) is 0 Å². The van der Waals surface area contributed by atoms with Crippen molar-refractivity contribution in [3.8, 4) is 0 Å². The first-order valence-corrected chi connectivity index (χ1v) is 7.88. The summed E-state index contributed by atoms with van der Waals surface area (Å²) in [7, 11) is 0. The van der Waals surface area contributed by atoms with Crippen molar-refractivity contribution in [1.82, 2.24) is 5.32 Å². The molecule has 2 N–H and O–H groups in total. The molecule has 1 rings (SSSR count). The Labute approximate surface area is 120 Å². The quantitative estimate of drug-likeness (QED) is 0.642. The topological polar surface area (TPSA) is 75.6 Å². The molecule has 0 saturated heterocycles. The standard InChI is InChI=1S/C12H17NO4S2/c14-11(9-18-8-10-2-1-7-19-10)13-4-6-17-5-3-12(15)16/h1-2,7H,3-6,8-9H2,(H,13,14)(H,15,16). The van der Waals surface area contributed by atoms with Crippen LogP contribution in [0.15, 0.2) is 17.5 Å². The molecule has 1 aromatic heterocycles. The van der Waals surface area contributed by atoms with Gasteiger partial charge in [-0.3, -0.25) is 9.59 Å². The van der Waals surface area contributed by atoms with Gasteiger partial charge < -0.3 is 15.2 Å². The number of aliphatic carboxylic acids is 1. The van der Waals surface area contributed by atoms with E-state index in [2.05, 4.69) is 5.32 Å². The van der Waals surface area contributed by atoms with Gasteiger partial charge in [-0.15, -0.1) is 23.1 Å². The molecule has 0 aliphatic rings. The van der Waals surface area contributed by atoms with Crippen molar-refractivity contribution in [2.45, 2.75) is 12.2 Å². The number of carbonyl (C=O) groups excluding carboxylic acids is 1. The zero-order valence-electron chi connectivity index (χ0n) is 10.5. The maximum atomic E-state index is 11.4. The van der Waals surface area contributed by atoms with Gasteiger partial charge in [-0.1, -0.05) is 6.07 Å².